The molecule has 4 aromatic rings. The summed E-state index contributed by atoms with van der Waals surface area (Å²) in [5, 5.41) is 0. The minimum atomic E-state index is -0.965. The fourth-order valence-corrected chi connectivity index (χ4v) is 7.36. The standard InChI is InChI=1S/C44H60N4O/c1-5-9-11-13-15-17-19-36-21-27-40(28-22-36)48(41-29-23-37(24-30-41)20-18-16-14-12-10-6-2)44(43-42(35-49-44)45-33-34-46-43)38-25-31-39(32-26-38)47(7-3)8-4/h21-34H,5-20,35H2,1-4H3. The van der Waals surface area contributed by atoms with Crippen molar-refractivity contribution in [3.63, 3.8) is 0 Å². The third-order valence-electron chi connectivity index (χ3n) is 10.2. The molecule has 0 bridgehead atoms. The molecule has 262 valence electrons. The summed E-state index contributed by atoms with van der Waals surface area (Å²) >= 11 is 0. The Labute approximate surface area is 297 Å². The zero-order valence-corrected chi connectivity index (χ0v) is 30.8. The highest BCUT2D eigenvalue weighted by Gasteiger charge is 2.50. The van der Waals surface area contributed by atoms with Gasteiger partial charge in [-0.05, 0) is 87.1 Å². The molecule has 49 heavy (non-hydrogen) atoms. The van der Waals surface area contributed by atoms with Gasteiger partial charge in [-0.3, -0.25) is 9.97 Å². The predicted octanol–water partition coefficient (Wildman–Crippen LogP) is 11.7. The van der Waals surface area contributed by atoms with Crippen LogP contribution in [0.3, 0.4) is 0 Å². The van der Waals surface area contributed by atoms with Gasteiger partial charge in [0.2, 0.25) is 5.72 Å². The number of aromatic nitrogens is 2. The molecule has 0 radical (unpaired) electrons. The molecule has 2 heterocycles. The zero-order chi connectivity index (χ0) is 34.3. The van der Waals surface area contributed by atoms with Crippen LogP contribution in [0.4, 0.5) is 17.1 Å². The molecule has 5 heteroatoms. The summed E-state index contributed by atoms with van der Waals surface area (Å²) < 4.78 is 6.99. The van der Waals surface area contributed by atoms with E-state index in [4.69, 9.17) is 14.7 Å². The lowest BCUT2D eigenvalue weighted by molar-refractivity contribution is -0.00248. The molecular formula is C44H60N4O. The van der Waals surface area contributed by atoms with E-state index < -0.39 is 5.72 Å². The third kappa shape index (κ3) is 9.11. The van der Waals surface area contributed by atoms with Crippen molar-refractivity contribution >= 4 is 17.1 Å². The quantitative estimate of drug-likeness (QED) is 0.0832. The number of benzene rings is 3. The molecule has 5 nitrogen and oxygen atoms in total. The Morgan fingerprint density at radius 3 is 1.53 bits per heavy atom. The van der Waals surface area contributed by atoms with Gasteiger partial charge >= 0.3 is 0 Å². The maximum absolute atomic E-state index is 6.99. The van der Waals surface area contributed by atoms with Crippen molar-refractivity contribution in [3.05, 3.63) is 113 Å². The Morgan fingerprint density at radius 2 is 1.02 bits per heavy atom. The number of nitrogens with zero attached hydrogens (tertiary/aromatic N) is 4. The monoisotopic (exact) mass is 660 g/mol. The van der Waals surface area contributed by atoms with E-state index in [1.54, 1.807) is 12.4 Å². The number of anilines is 3. The first-order valence-corrected chi connectivity index (χ1v) is 19.4. The molecule has 1 aromatic heterocycles. The minimum Gasteiger partial charge on any atom is -0.372 e. The van der Waals surface area contributed by atoms with E-state index >= 15 is 0 Å². The van der Waals surface area contributed by atoms with Crippen molar-refractivity contribution < 1.29 is 4.74 Å². The second-order valence-electron chi connectivity index (χ2n) is 13.7. The van der Waals surface area contributed by atoms with Gasteiger partial charge in [-0.1, -0.05) is 114 Å². The predicted molar refractivity (Wildman–Crippen MR) is 207 cm³/mol. The summed E-state index contributed by atoms with van der Waals surface area (Å²) in [5.41, 5.74) is 7.99. The molecule has 1 unspecified atom stereocenters. The number of hydrogen-bond donors (Lipinski definition) is 0. The van der Waals surface area contributed by atoms with Gasteiger partial charge in [0, 0.05) is 48.1 Å². The first-order valence-electron chi connectivity index (χ1n) is 19.4. The van der Waals surface area contributed by atoms with Crippen molar-refractivity contribution in [1.29, 1.82) is 0 Å². The van der Waals surface area contributed by atoms with Gasteiger partial charge in [-0.15, -0.1) is 0 Å². The molecule has 0 spiro atoms. The molecule has 0 aliphatic carbocycles. The Kier molecular flexibility index (Phi) is 14.1. The van der Waals surface area contributed by atoms with Crippen molar-refractivity contribution in [1.82, 2.24) is 9.97 Å². The number of aryl methyl sites for hydroxylation is 2. The van der Waals surface area contributed by atoms with Gasteiger partial charge in [0.25, 0.3) is 0 Å². The molecule has 1 aliphatic heterocycles. The topological polar surface area (TPSA) is 41.5 Å². The summed E-state index contributed by atoms with van der Waals surface area (Å²) in [5.74, 6) is 0. The fourth-order valence-electron chi connectivity index (χ4n) is 7.36. The molecule has 0 N–H and O–H groups in total. The minimum absolute atomic E-state index is 0.406. The van der Waals surface area contributed by atoms with Crippen LogP contribution < -0.4 is 9.80 Å². The van der Waals surface area contributed by atoms with Gasteiger partial charge in [0.05, 0.1) is 12.3 Å². The molecule has 5 rings (SSSR count). The van der Waals surface area contributed by atoms with E-state index in [9.17, 15) is 0 Å². The second-order valence-corrected chi connectivity index (χ2v) is 13.7. The summed E-state index contributed by atoms with van der Waals surface area (Å²) in [4.78, 5) is 14.5. The zero-order valence-electron chi connectivity index (χ0n) is 30.8. The number of unbranched alkanes of at least 4 members (excludes halogenated alkanes) is 10. The summed E-state index contributed by atoms with van der Waals surface area (Å²) in [6.07, 6.45) is 21.5. The summed E-state index contributed by atoms with van der Waals surface area (Å²) in [6, 6.07) is 27.3. The van der Waals surface area contributed by atoms with Crippen LogP contribution in [-0.2, 0) is 29.9 Å². The van der Waals surface area contributed by atoms with Crippen LogP contribution >= 0.6 is 0 Å². The van der Waals surface area contributed by atoms with Crippen molar-refractivity contribution in [2.45, 2.75) is 130 Å². The van der Waals surface area contributed by atoms with Crippen LogP contribution in [0.25, 0.3) is 0 Å². The highest BCUT2D eigenvalue weighted by molar-refractivity contribution is 5.70. The van der Waals surface area contributed by atoms with Crippen LogP contribution in [-0.4, -0.2) is 23.1 Å². The van der Waals surface area contributed by atoms with E-state index in [2.05, 4.69) is 110 Å². The molecule has 1 atom stereocenters. The number of hydrogen-bond acceptors (Lipinski definition) is 5. The first kappa shape index (κ1) is 36.6. The summed E-state index contributed by atoms with van der Waals surface area (Å²) in [6.45, 7) is 11.3. The largest absolute Gasteiger partial charge is 0.372 e. The highest BCUT2D eigenvalue weighted by atomic mass is 16.5. The van der Waals surface area contributed by atoms with Crippen molar-refractivity contribution in [3.8, 4) is 0 Å². The SMILES string of the molecule is CCCCCCCCc1ccc(N(c2ccc(CCCCCCCC)cc2)C2(c3ccc(N(CC)CC)cc3)OCc3nccnc32)cc1. The van der Waals surface area contributed by atoms with Gasteiger partial charge in [0.1, 0.15) is 5.69 Å². The average Bonchev–Trinajstić information content (AvgIpc) is 3.53. The molecule has 0 amide bonds. The van der Waals surface area contributed by atoms with Crippen molar-refractivity contribution in [2.24, 2.45) is 0 Å². The van der Waals surface area contributed by atoms with Gasteiger partial charge in [-0.2, -0.15) is 0 Å². The number of ether oxygens (including phenoxy) is 1. The van der Waals surface area contributed by atoms with E-state index in [0.717, 1.165) is 54.3 Å². The first-order chi connectivity index (χ1) is 24.1. The van der Waals surface area contributed by atoms with Gasteiger partial charge < -0.3 is 14.5 Å². The average molecular weight is 661 g/mol. The van der Waals surface area contributed by atoms with Gasteiger partial charge in [-0.25, -0.2) is 0 Å². The lowest BCUT2D eigenvalue weighted by Crippen LogP contribution is -2.45. The molecule has 0 fully saturated rings. The summed E-state index contributed by atoms with van der Waals surface area (Å²) in [7, 11) is 0. The maximum atomic E-state index is 6.99. The lowest BCUT2D eigenvalue weighted by Gasteiger charge is -2.42. The Balaban J connectivity index is 1.50. The molecule has 1 aliphatic rings. The highest BCUT2D eigenvalue weighted by Crippen LogP contribution is 2.49. The molecular weight excluding hydrogens is 601 g/mol. The van der Waals surface area contributed by atoms with Crippen LogP contribution in [0.1, 0.15) is 133 Å². The molecule has 3 aromatic carbocycles. The third-order valence-corrected chi connectivity index (χ3v) is 10.2. The second kappa shape index (κ2) is 18.9. The van der Waals surface area contributed by atoms with E-state index in [1.807, 2.05) is 0 Å². The van der Waals surface area contributed by atoms with Crippen LogP contribution in [0.15, 0.2) is 85.2 Å². The lowest BCUT2D eigenvalue weighted by atomic mass is 9.94. The van der Waals surface area contributed by atoms with Crippen LogP contribution in [0, 0.1) is 0 Å². The molecule has 0 saturated carbocycles. The van der Waals surface area contributed by atoms with Crippen LogP contribution in [0.2, 0.25) is 0 Å². The Bertz CT molecular complexity index is 1450. The van der Waals surface area contributed by atoms with E-state index in [-0.39, 0.29) is 0 Å². The smallest absolute Gasteiger partial charge is 0.217 e. The number of rotatable bonds is 21. The Hall–Kier alpha value is -3.70. The maximum Gasteiger partial charge on any atom is 0.217 e. The van der Waals surface area contributed by atoms with Crippen LogP contribution in [0.5, 0.6) is 0 Å². The number of fused-ring (bicyclic) bond motifs is 1. The van der Waals surface area contributed by atoms with E-state index in [1.165, 1.54) is 93.9 Å². The van der Waals surface area contributed by atoms with Gasteiger partial charge in [0.15, 0.2) is 0 Å². The van der Waals surface area contributed by atoms with Crippen molar-refractivity contribution in [2.75, 3.05) is 22.9 Å². The van der Waals surface area contributed by atoms with E-state index in [0.29, 0.717) is 6.61 Å². The molecule has 0 saturated heterocycles. The Morgan fingerprint density at radius 1 is 0.551 bits per heavy atom. The fraction of sp³-hybridized carbons (Fsp3) is 0.500. The normalized spacial score (nSPS) is 15.3.